The van der Waals surface area contributed by atoms with Crippen LogP contribution in [0.4, 0.5) is 0 Å². The van der Waals surface area contributed by atoms with Gasteiger partial charge in [-0.1, -0.05) is 12.1 Å². The number of carbonyl (C=O) groups is 1. The van der Waals surface area contributed by atoms with Crippen molar-refractivity contribution in [1.29, 1.82) is 0 Å². The van der Waals surface area contributed by atoms with Crippen molar-refractivity contribution in [2.75, 3.05) is 0 Å². The third-order valence-electron chi connectivity index (χ3n) is 2.70. The highest BCUT2D eigenvalue weighted by Gasteiger charge is 2.02. The van der Waals surface area contributed by atoms with Crippen LogP contribution in [0.1, 0.15) is 11.6 Å². The van der Waals surface area contributed by atoms with Crippen molar-refractivity contribution in [2.24, 2.45) is 0 Å². The van der Waals surface area contributed by atoms with Crippen molar-refractivity contribution in [2.45, 2.75) is 6.54 Å². The fourth-order valence-electron chi connectivity index (χ4n) is 1.73. The lowest BCUT2D eigenvalue weighted by atomic mass is 10.3. The zero-order chi connectivity index (χ0) is 13.8. The first-order chi connectivity index (χ1) is 9.81. The Labute approximate surface area is 114 Å². The Bertz CT molecular complexity index is 710. The van der Waals surface area contributed by atoms with E-state index in [0.29, 0.717) is 18.0 Å². The summed E-state index contributed by atoms with van der Waals surface area (Å²) in [4.78, 5) is 15.9. The van der Waals surface area contributed by atoms with Crippen molar-refractivity contribution in [1.82, 2.24) is 20.5 Å². The van der Waals surface area contributed by atoms with Crippen molar-refractivity contribution in [3.63, 3.8) is 0 Å². The molecule has 0 unspecified atom stereocenters. The molecular weight excluding hydrogens is 256 g/mol. The Kier molecular flexibility index (Phi) is 3.28. The first-order valence-corrected chi connectivity index (χ1v) is 6.11. The number of oxazole rings is 1. The van der Waals surface area contributed by atoms with Crippen LogP contribution >= 0.6 is 0 Å². The van der Waals surface area contributed by atoms with E-state index in [1.54, 1.807) is 18.3 Å². The second-order valence-corrected chi connectivity index (χ2v) is 4.15. The standard InChI is InChI=1S/C14H12N4O2/c19-13(15-9-10-7-8-16-18-10)5-6-14-17-11-3-1-2-4-12(11)20-14/h1-8H,9H2,(H,15,19)(H,16,18). The Morgan fingerprint density at radius 2 is 2.25 bits per heavy atom. The maximum absolute atomic E-state index is 11.6. The first-order valence-electron chi connectivity index (χ1n) is 6.11. The Balaban J connectivity index is 1.62. The molecule has 1 amide bonds. The molecule has 0 aliphatic carbocycles. The second kappa shape index (κ2) is 5.40. The molecule has 1 aromatic carbocycles. The van der Waals surface area contributed by atoms with E-state index in [4.69, 9.17) is 4.42 Å². The minimum atomic E-state index is -0.221. The average Bonchev–Trinajstić information content (AvgIpc) is 3.11. The van der Waals surface area contributed by atoms with Gasteiger partial charge in [0, 0.05) is 18.3 Å². The van der Waals surface area contributed by atoms with E-state index >= 15 is 0 Å². The van der Waals surface area contributed by atoms with Gasteiger partial charge in [0.1, 0.15) is 5.52 Å². The normalized spacial score (nSPS) is 11.2. The highest BCUT2D eigenvalue weighted by atomic mass is 16.3. The molecule has 0 fully saturated rings. The minimum Gasteiger partial charge on any atom is -0.437 e. The first kappa shape index (κ1) is 12.2. The van der Waals surface area contributed by atoms with Crippen LogP contribution in [-0.4, -0.2) is 21.1 Å². The molecule has 0 spiro atoms. The summed E-state index contributed by atoms with van der Waals surface area (Å²) in [7, 11) is 0. The monoisotopic (exact) mass is 268 g/mol. The molecule has 2 N–H and O–H groups in total. The molecule has 20 heavy (non-hydrogen) atoms. The number of hydrogen-bond donors (Lipinski definition) is 2. The molecule has 0 aliphatic rings. The summed E-state index contributed by atoms with van der Waals surface area (Å²) in [6, 6.07) is 9.24. The van der Waals surface area contributed by atoms with E-state index in [2.05, 4.69) is 20.5 Å². The highest BCUT2D eigenvalue weighted by molar-refractivity contribution is 5.91. The lowest BCUT2D eigenvalue weighted by Crippen LogP contribution is -2.20. The van der Waals surface area contributed by atoms with Crippen LogP contribution in [0, 0.1) is 0 Å². The molecule has 0 saturated carbocycles. The van der Waals surface area contributed by atoms with Gasteiger partial charge >= 0.3 is 0 Å². The zero-order valence-corrected chi connectivity index (χ0v) is 10.5. The number of carbonyl (C=O) groups excluding carboxylic acids is 1. The number of hydrogen-bond acceptors (Lipinski definition) is 4. The minimum absolute atomic E-state index is 0.221. The summed E-state index contributed by atoms with van der Waals surface area (Å²) in [5, 5.41) is 9.29. The van der Waals surface area contributed by atoms with Gasteiger partial charge in [-0.3, -0.25) is 9.89 Å². The molecule has 0 radical (unpaired) electrons. The van der Waals surface area contributed by atoms with Crippen molar-refractivity contribution >= 4 is 23.1 Å². The summed E-state index contributed by atoms with van der Waals surface area (Å²) in [5.74, 6) is 0.185. The quantitative estimate of drug-likeness (QED) is 0.708. The third kappa shape index (κ3) is 2.74. The maximum Gasteiger partial charge on any atom is 0.244 e. The van der Waals surface area contributed by atoms with Gasteiger partial charge in [-0.25, -0.2) is 4.98 Å². The Morgan fingerprint density at radius 3 is 3.05 bits per heavy atom. The molecular formula is C14H12N4O2. The largest absolute Gasteiger partial charge is 0.437 e. The molecule has 0 aliphatic heterocycles. The topological polar surface area (TPSA) is 83.8 Å². The molecule has 3 aromatic rings. The third-order valence-corrected chi connectivity index (χ3v) is 2.70. The number of H-pyrrole nitrogens is 1. The molecule has 100 valence electrons. The van der Waals surface area contributed by atoms with E-state index in [1.165, 1.54) is 6.08 Å². The van der Waals surface area contributed by atoms with Gasteiger partial charge in [-0.15, -0.1) is 0 Å². The number of benzene rings is 1. The predicted molar refractivity (Wildman–Crippen MR) is 73.5 cm³/mol. The number of nitrogens with one attached hydrogen (secondary N) is 2. The fourth-order valence-corrected chi connectivity index (χ4v) is 1.73. The summed E-state index contributed by atoms with van der Waals surface area (Å²) in [5.41, 5.74) is 2.31. The smallest absolute Gasteiger partial charge is 0.244 e. The SMILES string of the molecule is O=C(C=Cc1nc2ccccc2o1)NCc1ccn[nH]1. The van der Waals surface area contributed by atoms with Gasteiger partial charge in [0.05, 0.1) is 12.2 Å². The van der Waals surface area contributed by atoms with E-state index in [9.17, 15) is 4.79 Å². The van der Waals surface area contributed by atoms with Gasteiger partial charge in [0.2, 0.25) is 11.8 Å². The van der Waals surface area contributed by atoms with Gasteiger partial charge < -0.3 is 9.73 Å². The Morgan fingerprint density at radius 1 is 1.35 bits per heavy atom. The summed E-state index contributed by atoms with van der Waals surface area (Å²) < 4.78 is 5.47. The summed E-state index contributed by atoms with van der Waals surface area (Å²) in [6.45, 7) is 0.400. The number of para-hydroxylation sites is 2. The molecule has 0 atom stereocenters. The van der Waals surface area contributed by atoms with Crippen molar-refractivity contribution in [3.8, 4) is 0 Å². The van der Waals surface area contributed by atoms with E-state index in [0.717, 1.165) is 11.2 Å². The number of fused-ring (bicyclic) bond motifs is 1. The summed E-state index contributed by atoms with van der Waals surface area (Å²) >= 11 is 0. The molecule has 6 heteroatoms. The van der Waals surface area contributed by atoms with Gasteiger partial charge in [0.25, 0.3) is 0 Å². The number of nitrogens with zero attached hydrogens (tertiary/aromatic N) is 2. The van der Waals surface area contributed by atoms with Gasteiger partial charge in [-0.2, -0.15) is 5.10 Å². The number of amides is 1. The van der Waals surface area contributed by atoms with Crippen LogP contribution in [0.5, 0.6) is 0 Å². The van der Waals surface area contributed by atoms with Crippen molar-refractivity contribution < 1.29 is 9.21 Å². The molecule has 0 bridgehead atoms. The second-order valence-electron chi connectivity index (χ2n) is 4.15. The lowest BCUT2D eigenvalue weighted by molar-refractivity contribution is -0.116. The lowest BCUT2D eigenvalue weighted by Gasteiger charge is -1.97. The van der Waals surface area contributed by atoms with Crippen LogP contribution in [0.2, 0.25) is 0 Å². The molecule has 2 heterocycles. The van der Waals surface area contributed by atoms with E-state index in [-0.39, 0.29) is 5.91 Å². The summed E-state index contributed by atoms with van der Waals surface area (Å²) in [6.07, 6.45) is 4.57. The van der Waals surface area contributed by atoms with Crippen molar-refractivity contribution in [3.05, 3.63) is 54.2 Å². The number of aromatic nitrogens is 3. The molecule has 6 nitrogen and oxygen atoms in total. The van der Waals surface area contributed by atoms with Gasteiger partial charge in [0.15, 0.2) is 5.58 Å². The van der Waals surface area contributed by atoms with Crippen LogP contribution in [0.25, 0.3) is 17.2 Å². The fraction of sp³-hybridized carbons (Fsp3) is 0.0714. The average molecular weight is 268 g/mol. The molecule has 3 rings (SSSR count). The Hall–Kier alpha value is -2.89. The molecule has 0 saturated heterocycles. The van der Waals surface area contributed by atoms with Crippen LogP contribution in [0.3, 0.4) is 0 Å². The van der Waals surface area contributed by atoms with Crippen LogP contribution in [-0.2, 0) is 11.3 Å². The molecule has 2 aromatic heterocycles. The number of rotatable bonds is 4. The predicted octanol–water partition coefficient (Wildman–Crippen LogP) is 1.88. The van der Waals surface area contributed by atoms with Gasteiger partial charge in [-0.05, 0) is 18.2 Å². The van der Waals surface area contributed by atoms with Crippen LogP contribution in [0.15, 0.2) is 47.0 Å². The maximum atomic E-state index is 11.6. The highest BCUT2D eigenvalue weighted by Crippen LogP contribution is 2.15. The zero-order valence-electron chi connectivity index (χ0n) is 10.5. The van der Waals surface area contributed by atoms with E-state index in [1.807, 2.05) is 24.3 Å². The number of aromatic amines is 1. The van der Waals surface area contributed by atoms with E-state index < -0.39 is 0 Å². The van der Waals surface area contributed by atoms with Crippen LogP contribution < -0.4 is 5.32 Å².